The average Bonchev–Trinajstić information content (AvgIpc) is 2.30. The summed E-state index contributed by atoms with van der Waals surface area (Å²) >= 11 is 0. The van der Waals surface area contributed by atoms with Crippen molar-refractivity contribution in [3.63, 3.8) is 0 Å². The zero-order valence-electron chi connectivity index (χ0n) is 8.65. The second kappa shape index (κ2) is 3.00. The highest BCUT2D eigenvalue weighted by Gasteiger charge is 2.46. The van der Waals surface area contributed by atoms with Crippen LogP contribution in [0, 0.1) is 11.3 Å². The minimum Gasteiger partial charge on any atom is -0.396 e. The molecule has 0 aromatic heterocycles. The van der Waals surface area contributed by atoms with Crippen LogP contribution in [0.3, 0.4) is 0 Å². The third kappa shape index (κ3) is 1.38. The summed E-state index contributed by atoms with van der Waals surface area (Å²) < 4.78 is 0. The van der Waals surface area contributed by atoms with E-state index in [1.807, 2.05) is 0 Å². The molecule has 0 aromatic carbocycles. The largest absolute Gasteiger partial charge is 0.396 e. The van der Waals surface area contributed by atoms with Crippen LogP contribution in [-0.2, 0) is 0 Å². The van der Waals surface area contributed by atoms with Crippen molar-refractivity contribution in [2.45, 2.75) is 39.7 Å². The number of hydrogen-bond donors (Lipinski definition) is 2. The molecule has 72 valence electrons. The van der Waals surface area contributed by atoms with E-state index in [4.69, 9.17) is 0 Å². The predicted octanol–water partition coefficient (Wildman–Crippen LogP) is 1.39. The highest BCUT2D eigenvalue weighted by Crippen LogP contribution is 2.40. The van der Waals surface area contributed by atoms with Crippen LogP contribution in [0.1, 0.15) is 34.1 Å². The lowest BCUT2D eigenvalue weighted by Crippen LogP contribution is -2.53. The zero-order chi connectivity index (χ0) is 9.41. The van der Waals surface area contributed by atoms with Crippen LogP contribution in [0.15, 0.2) is 0 Å². The number of aliphatic hydroxyl groups is 1. The lowest BCUT2D eigenvalue weighted by atomic mass is 9.69. The summed E-state index contributed by atoms with van der Waals surface area (Å²) in [4.78, 5) is 0. The number of nitrogens with one attached hydrogen (secondary N) is 1. The average molecular weight is 171 g/mol. The van der Waals surface area contributed by atoms with Crippen LogP contribution >= 0.6 is 0 Å². The SMILES string of the molecule is CC(C)(C)C1(C)NCCC1CO. The molecule has 1 rings (SSSR count). The van der Waals surface area contributed by atoms with Crippen molar-refractivity contribution in [2.24, 2.45) is 11.3 Å². The topological polar surface area (TPSA) is 32.3 Å². The van der Waals surface area contributed by atoms with Crippen LogP contribution in [-0.4, -0.2) is 23.8 Å². The predicted molar refractivity (Wildman–Crippen MR) is 51.1 cm³/mol. The Morgan fingerprint density at radius 3 is 2.42 bits per heavy atom. The van der Waals surface area contributed by atoms with Gasteiger partial charge in [-0.25, -0.2) is 0 Å². The van der Waals surface area contributed by atoms with Gasteiger partial charge in [-0.05, 0) is 25.3 Å². The fourth-order valence-electron chi connectivity index (χ4n) is 2.09. The monoisotopic (exact) mass is 171 g/mol. The molecule has 1 aliphatic rings. The quantitative estimate of drug-likeness (QED) is 0.625. The summed E-state index contributed by atoms with van der Waals surface area (Å²) in [6.45, 7) is 10.3. The van der Waals surface area contributed by atoms with Crippen molar-refractivity contribution in [1.82, 2.24) is 5.32 Å². The normalized spacial score (nSPS) is 37.2. The lowest BCUT2D eigenvalue weighted by molar-refractivity contribution is 0.0837. The first-order chi connectivity index (χ1) is 5.42. The van der Waals surface area contributed by atoms with E-state index in [0.717, 1.165) is 13.0 Å². The molecule has 0 amide bonds. The Balaban J connectivity index is 2.82. The molecule has 2 atom stereocenters. The van der Waals surface area contributed by atoms with Crippen molar-refractivity contribution in [3.8, 4) is 0 Å². The molecule has 0 aromatic rings. The van der Waals surface area contributed by atoms with Gasteiger partial charge in [-0.15, -0.1) is 0 Å². The molecule has 0 aliphatic carbocycles. The molecule has 0 radical (unpaired) electrons. The van der Waals surface area contributed by atoms with Crippen molar-refractivity contribution in [1.29, 1.82) is 0 Å². The first kappa shape index (κ1) is 10.0. The standard InChI is InChI=1S/C10H21NO/c1-9(2,3)10(4)8(7-12)5-6-11-10/h8,11-12H,5-7H2,1-4H3. The van der Waals surface area contributed by atoms with Crippen LogP contribution in [0.5, 0.6) is 0 Å². The molecule has 0 bridgehead atoms. The zero-order valence-corrected chi connectivity index (χ0v) is 8.65. The van der Waals surface area contributed by atoms with Gasteiger partial charge in [-0.2, -0.15) is 0 Å². The van der Waals surface area contributed by atoms with Crippen molar-refractivity contribution >= 4 is 0 Å². The van der Waals surface area contributed by atoms with E-state index < -0.39 is 0 Å². The van der Waals surface area contributed by atoms with E-state index in [2.05, 4.69) is 33.0 Å². The Hall–Kier alpha value is -0.0800. The summed E-state index contributed by atoms with van der Waals surface area (Å²) in [6, 6.07) is 0. The molecule has 0 saturated carbocycles. The maximum absolute atomic E-state index is 9.22. The van der Waals surface area contributed by atoms with Gasteiger partial charge < -0.3 is 10.4 Å². The molecule has 1 fully saturated rings. The van der Waals surface area contributed by atoms with Gasteiger partial charge in [-0.3, -0.25) is 0 Å². The van der Waals surface area contributed by atoms with E-state index in [-0.39, 0.29) is 11.0 Å². The minimum absolute atomic E-state index is 0.0990. The second-order valence-electron chi connectivity index (χ2n) is 5.05. The molecule has 1 saturated heterocycles. The fourth-order valence-corrected chi connectivity index (χ4v) is 2.09. The molecule has 12 heavy (non-hydrogen) atoms. The summed E-state index contributed by atoms with van der Waals surface area (Å²) in [7, 11) is 0. The molecule has 1 aliphatic heterocycles. The highest BCUT2D eigenvalue weighted by atomic mass is 16.3. The minimum atomic E-state index is 0.0990. The molecule has 2 heteroatoms. The van der Waals surface area contributed by atoms with E-state index in [9.17, 15) is 5.11 Å². The fraction of sp³-hybridized carbons (Fsp3) is 1.00. The van der Waals surface area contributed by atoms with Gasteiger partial charge in [-0.1, -0.05) is 20.8 Å². The summed E-state index contributed by atoms with van der Waals surface area (Å²) in [5.41, 5.74) is 0.318. The van der Waals surface area contributed by atoms with Gasteiger partial charge in [0.05, 0.1) is 0 Å². The molecular weight excluding hydrogens is 150 g/mol. The molecule has 1 heterocycles. The van der Waals surface area contributed by atoms with Crippen molar-refractivity contribution in [2.75, 3.05) is 13.2 Å². The smallest absolute Gasteiger partial charge is 0.0477 e. The van der Waals surface area contributed by atoms with Crippen molar-refractivity contribution in [3.05, 3.63) is 0 Å². The maximum atomic E-state index is 9.22. The number of hydrogen-bond acceptors (Lipinski definition) is 2. The third-order valence-corrected chi connectivity index (χ3v) is 3.58. The van der Waals surface area contributed by atoms with E-state index >= 15 is 0 Å². The first-order valence-corrected chi connectivity index (χ1v) is 4.77. The van der Waals surface area contributed by atoms with Crippen LogP contribution < -0.4 is 5.32 Å². The molecule has 2 N–H and O–H groups in total. The Labute approximate surface area is 75.4 Å². The number of rotatable bonds is 1. The van der Waals surface area contributed by atoms with Crippen molar-refractivity contribution < 1.29 is 5.11 Å². The summed E-state index contributed by atoms with van der Waals surface area (Å²) in [5, 5.41) is 12.7. The Morgan fingerprint density at radius 2 is 2.08 bits per heavy atom. The molecule has 0 spiro atoms. The summed E-state index contributed by atoms with van der Waals surface area (Å²) in [5.74, 6) is 0.414. The van der Waals surface area contributed by atoms with Gasteiger partial charge >= 0.3 is 0 Å². The van der Waals surface area contributed by atoms with Gasteiger partial charge in [0.15, 0.2) is 0 Å². The van der Waals surface area contributed by atoms with E-state index in [1.165, 1.54) is 0 Å². The van der Waals surface area contributed by atoms with E-state index in [0.29, 0.717) is 12.5 Å². The molecular formula is C10H21NO. The maximum Gasteiger partial charge on any atom is 0.0477 e. The third-order valence-electron chi connectivity index (χ3n) is 3.58. The van der Waals surface area contributed by atoms with Gasteiger partial charge in [0, 0.05) is 18.1 Å². The molecule has 2 nitrogen and oxygen atoms in total. The lowest BCUT2D eigenvalue weighted by Gasteiger charge is -2.43. The first-order valence-electron chi connectivity index (χ1n) is 4.77. The van der Waals surface area contributed by atoms with Gasteiger partial charge in [0.25, 0.3) is 0 Å². The Kier molecular flexibility index (Phi) is 2.50. The Morgan fingerprint density at radius 1 is 1.50 bits per heavy atom. The Bertz CT molecular complexity index is 162. The van der Waals surface area contributed by atoms with Crippen LogP contribution in [0.2, 0.25) is 0 Å². The van der Waals surface area contributed by atoms with Crippen LogP contribution in [0.4, 0.5) is 0 Å². The van der Waals surface area contributed by atoms with Gasteiger partial charge in [0.1, 0.15) is 0 Å². The molecule has 2 unspecified atom stereocenters. The number of aliphatic hydroxyl groups excluding tert-OH is 1. The highest BCUT2D eigenvalue weighted by molar-refractivity contribution is 5.03. The second-order valence-corrected chi connectivity index (χ2v) is 5.05. The van der Waals surface area contributed by atoms with Crippen LogP contribution in [0.25, 0.3) is 0 Å². The van der Waals surface area contributed by atoms with Gasteiger partial charge in [0.2, 0.25) is 0 Å². The summed E-state index contributed by atoms with van der Waals surface area (Å²) in [6.07, 6.45) is 1.10. The van der Waals surface area contributed by atoms with E-state index in [1.54, 1.807) is 0 Å².